The van der Waals surface area contributed by atoms with Crippen molar-refractivity contribution in [2.45, 2.75) is 32.2 Å². The summed E-state index contributed by atoms with van der Waals surface area (Å²) < 4.78 is 0. The average Bonchev–Trinajstić information content (AvgIpc) is 2.17. The van der Waals surface area contributed by atoms with Crippen molar-refractivity contribution in [3.8, 4) is 0 Å². The third-order valence-electron chi connectivity index (χ3n) is 2.51. The van der Waals surface area contributed by atoms with E-state index in [1.807, 2.05) is 24.3 Å². The molecule has 1 rings (SSSR count). The normalized spacial score (nSPS) is 15.4. The molecule has 0 saturated heterocycles. The molecule has 0 aromatic heterocycles. The average molecular weight is 198 g/mol. The monoisotopic (exact) mass is 197 g/mol. The van der Waals surface area contributed by atoms with Gasteiger partial charge in [-0.15, -0.1) is 0 Å². The highest BCUT2D eigenvalue weighted by Gasteiger charge is 2.12. The summed E-state index contributed by atoms with van der Waals surface area (Å²) in [7, 11) is 0. The van der Waals surface area contributed by atoms with Crippen LogP contribution in [0.1, 0.15) is 31.7 Å². The molecular formula is C11H16ClN. The van der Waals surface area contributed by atoms with E-state index in [9.17, 15) is 0 Å². The molecule has 0 spiro atoms. The van der Waals surface area contributed by atoms with Crippen molar-refractivity contribution in [2.24, 2.45) is 5.73 Å². The Labute approximate surface area is 84.9 Å². The fourth-order valence-electron chi connectivity index (χ4n) is 1.37. The van der Waals surface area contributed by atoms with Crippen LogP contribution in [-0.4, -0.2) is 6.04 Å². The zero-order valence-corrected chi connectivity index (χ0v) is 8.88. The molecule has 0 aliphatic rings. The number of halogens is 1. The highest BCUT2D eigenvalue weighted by molar-refractivity contribution is 6.30. The standard InChI is InChI=1S/C11H16ClN/c1-3-11(13)8(2)9-4-6-10(12)7-5-9/h4-8,11H,3,13H2,1-2H3. The van der Waals surface area contributed by atoms with Gasteiger partial charge in [0.15, 0.2) is 0 Å². The Hall–Kier alpha value is -0.530. The van der Waals surface area contributed by atoms with Gasteiger partial charge in [-0.1, -0.05) is 37.6 Å². The maximum absolute atomic E-state index is 5.95. The molecule has 0 bridgehead atoms. The first-order valence-corrected chi connectivity index (χ1v) is 5.04. The molecule has 0 aliphatic carbocycles. The van der Waals surface area contributed by atoms with E-state index in [0.29, 0.717) is 5.92 Å². The van der Waals surface area contributed by atoms with Gasteiger partial charge in [0.05, 0.1) is 0 Å². The third-order valence-corrected chi connectivity index (χ3v) is 2.76. The summed E-state index contributed by atoms with van der Waals surface area (Å²) in [6, 6.07) is 8.15. The number of hydrogen-bond donors (Lipinski definition) is 1. The molecule has 1 nitrogen and oxygen atoms in total. The molecule has 0 heterocycles. The largest absolute Gasteiger partial charge is 0.327 e. The molecule has 1 aromatic rings. The van der Waals surface area contributed by atoms with Crippen LogP contribution in [0.25, 0.3) is 0 Å². The van der Waals surface area contributed by atoms with Crippen molar-refractivity contribution in [1.29, 1.82) is 0 Å². The first-order chi connectivity index (χ1) is 6.15. The molecule has 0 saturated carbocycles. The molecule has 72 valence electrons. The lowest BCUT2D eigenvalue weighted by Gasteiger charge is -2.18. The second-order valence-corrected chi connectivity index (χ2v) is 3.85. The van der Waals surface area contributed by atoms with Crippen LogP contribution in [0.5, 0.6) is 0 Å². The van der Waals surface area contributed by atoms with Gasteiger partial charge < -0.3 is 5.73 Å². The molecular weight excluding hydrogens is 182 g/mol. The summed E-state index contributed by atoms with van der Waals surface area (Å²) in [6.45, 7) is 4.26. The molecule has 1 aromatic carbocycles. The SMILES string of the molecule is CCC(N)C(C)c1ccc(Cl)cc1. The summed E-state index contributed by atoms with van der Waals surface area (Å²) >= 11 is 5.80. The van der Waals surface area contributed by atoms with Gasteiger partial charge in [0, 0.05) is 11.1 Å². The minimum atomic E-state index is 0.237. The van der Waals surface area contributed by atoms with Gasteiger partial charge in [-0.2, -0.15) is 0 Å². The summed E-state index contributed by atoms with van der Waals surface area (Å²) in [5.41, 5.74) is 7.22. The van der Waals surface area contributed by atoms with Gasteiger partial charge in [0.1, 0.15) is 0 Å². The Bertz CT molecular complexity index is 255. The van der Waals surface area contributed by atoms with Crippen LogP contribution in [0.2, 0.25) is 5.02 Å². The lowest BCUT2D eigenvalue weighted by molar-refractivity contribution is 0.551. The zero-order valence-electron chi connectivity index (χ0n) is 8.13. The highest BCUT2D eigenvalue weighted by atomic mass is 35.5. The van der Waals surface area contributed by atoms with E-state index in [4.69, 9.17) is 17.3 Å². The smallest absolute Gasteiger partial charge is 0.0406 e. The van der Waals surface area contributed by atoms with Gasteiger partial charge in [0.25, 0.3) is 0 Å². The van der Waals surface area contributed by atoms with Crippen LogP contribution >= 0.6 is 11.6 Å². The van der Waals surface area contributed by atoms with Crippen LogP contribution in [0, 0.1) is 0 Å². The van der Waals surface area contributed by atoms with E-state index in [2.05, 4.69) is 13.8 Å². The van der Waals surface area contributed by atoms with Crippen molar-refractivity contribution >= 4 is 11.6 Å². The van der Waals surface area contributed by atoms with Crippen molar-refractivity contribution in [1.82, 2.24) is 0 Å². The summed E-state index contributed by atoms with van der Waals surface area (Å²) in [5, 5.41) is 0.779. The first-order valence-electron chi connectivity index (χ1n) is 4.66. The third kappa shape index (κ3) is 2.71. The van der Waals surface area contributed by atoms with Crippen LogP contribution < -0.4 is 5.73 Å². The van der Waals surface area contributed by atoms with E-state index in [0.717, 1.165) is 11.4 Å². The maximum Gasteiger partial charge on any atom is 0.0406 e. The maximum atomic E-state index is 5.95. The molecule has 0 amide bonds. The quantitative estimate of drug-likeness (QED) is 0.792. The lowest BCUT2D eigenvalue weighted by Crippen LogP contribution is -2.25. The molecule has 2 N–H and O–H groups in total. The summed E-state index contributed by atoms with van der Waals surface area (Å²) in [4.78, 5) is 0. The van der Waals surface area contributed by atoms with Crippen LogP contribution in [-0.2, 0) is 0 Å². The predicted octanol–water partition coefficient (Wildman–Crippen LogP) is 3.18. The lowest BCUT2D eigenvalue weighted by atomic mass is 9.92. The zero-order chi connectivity index (χ0) is 9.84. The Balaban J connectivity index is 2.77. The number of benzene rings is 1. The molecule has 0 aliphatic heterocycles. The first kappa shape index (κ1) is 10.6. The second kappa shape index (κ2) is 4.64. The second-order valence-electron chi connectivity index (χ2n) is 3.41. The molecule has 0 radical (unpaired) electrons. The minimum Gasteiger partial charge on any atom is -0.327 e. The van der Waals surface area contributed by atoms with Crippen LogP contribution in [0.4, 0.5) is 0 Å². The van der Waals surface area contributed by atoms with Crippen LogP contribution in [0.15, 0.2) is 24.3 Å². The van der Waals surface area contributed by atoms with Gasteiger partial charge in [-0.05, 0) is 30.0 Å². The van der Waals surface area contributed by atoms with Crippen molar-refractivity contribution in [3.63, 3.8) is 0 Å². The van der Waals surface area contributed by atoms with Gasteiger partial charge in [0.2, 0.25) is 0 Å². The minimum absolute atomic E-state index is 0.237. The van der Waals surface area contributed by atoms with Gasteiger partial charge in [-0.25, -0.2) is 0 Å². The number of rotatable bonds is 3. The predicted molar refractivity (Wildman–Crippen MR) is 58.1 cm³/mol. The van der Waals surface area contributed by atoms with Gasteiger partial charge >= 0.3 is 0 Å². The number of hydrogen-bond acceptors (Lipinski definition) is 1. The van der Waals surface area contributed by atoms with E-state index in [1.54, 1.807) is 0 Å². The fourth-order valence-corrected chi connectivity index (χ4v) is 1.49. The van der Waals surface area contributed by atoms with E-state index < -0.39 is 0 Å². The van der Waals surface area contributed by atoms with E-state index >= 15 is 0 Å². The molecule has 2 atom stereocenters. The Morgan fingerprint density at radius 3 is 2.31 bits per heavy atom. The van der Waals surface area contributed by atoms with E-state index in [-0.39, 0.29) is 6.04 Å². The fraction of sp³-hybridized carbons (Fsp3) is 0.455. The number of nitrogens with two attached hydrogens (primary N) is 1. The highest BCUT2D eigenvalue weighted by Crippen LogP contribution is 2.21. The van der Waals surface area contributed by atoms with Crippen molar-refractivity contribution < 1.29 is 0 Å². The molecule has 0 fully saturated rings. The summed E-state index contributed by atoms with van der Waals surface area (Å²) in [6.07, 6.45) is 1.00. The van der Waals surface area contributed by atoms with Crippen LogP contribution in [0.3, 0.4) is 0 Å². The topological polar surface area (TPSA) is 26.0 Å². The molecule has 2 heteroatoms. The Kier molecular flexibility index (Phi) is 3.76. The Morgan fingerprint density at radius 1 is 1.31 bits per heavy atom. The van der Waals surface area contributed by atoms with Crippen molar-refractivity contribution in [2.75, 3.05) is 0 Å². The summed E-state index contributed by atoms with van der Waals surface area (Å²) in [5.74, 6) is 0.405. The van der Waals surface area contributed by atoms with Crippen molar-refractivity contribution in [3.05, 3.63) is 34.9 Å². The molecule has 13 heavy (non-hydrogen) atoms. The van der Waals surface area contributed by atoms with E-state index in [1.165, 1.54) is 5.56 Å². The molecule has 2 unspecified atom stereocenters. The van der Waals surface area contributed by atoms with Gasteiger partial charge in [-0.3, -0.25) is 0 Å². The Morgan fingerprint density at radius 2 is 1.85 bits per heavy atom.